The van der Waals surface area contributed by atoms with Gasteiger partial charge in [-0.25, -0.2) is 0 Å². The molecular weight excluding hydrogens is 333 g/mol. The maximum absolute atomic E-state index is 11.9. The first-order valence-electron chi connectivity index (χ1n) is 5.48. The highest BCUT2D eigenvalue weighted by Gasteiger charge is 2.63. The molecule has 3 unspecified atom stereocenters. The molecule has 3 atom stereocenters. The summed E-state index contributed by atoms with van der Waals surface area (Å²) in [6.45, 7) is 1.90. The summed E-state index contributed by atoms with van der Waals surface area (Å²) in [7, 11) is 5.41. The average Bonchev–Trinajstić information content (AvgIpc) is 2.34. The van der Waals surface area contributed by atoms with Crippen LogP contribution >= 0.6 is 0 Å². The van der Waals surface area contributed by atoms with E-state index >= 15 is 0 Å². The predicted octanol–water partition coefficient (Wildman–Crippen LogP) is -2.47. The van der Waals surface area contributed by atoms with Crippen LogP contribution in [0.3, 0.4) is 0 Å². The van der Waals surface area contributed by atoms with Crippen LogP contribution in [0, 0.1) is 5.41 Å². The summed E-state index contributed by atoms with van der Waals surface area (Å²) >= 11 is 0. The summed E-state index contributed by atoms with van der Waals surface area (Å²) in [5.41, 5.74) is -0.578. The number of hydrogen-bond donors (Lipinski definition) is 0. The lowest BCUT2D eigenvalue weighted by Crippen LogP contribution is -3.00. The third-order valence-electron chi connectivity index (χ3n) is 4.21. The van der Waals surface area contributed by atoms with E-state index < -0.39 is 5.41 Å². The first-order chi connectivity index (χ1) is 7.34. The second-order valence-electron chi connectivity index (χ2n) is 5.46. The lowest BCUT2D eigenvalue weighted by Gasteiger charge is -2.39. The van der Waals surface area contributed by atoms with Gasteiger partial charge in [0, 0.05) is 6.42 Å². The molecule has 2 heterocycles. The van der Waals surface area contributed by atoms with Crippen molar-refractivity contribution in [2.24, 2.45) is 5.41 Å². The van der Waals surface area contributed by atoms with Gasteiger partial charge in [-0.05, 0) is 19.1 Å². The summed E-state index contributed by atoms with van der Waals surface area (Å²) in [6.07, 6.45) is 4.05. The van der Waals surface area contributed by atoms with Crippen molar-refractivity contribution in [3.8, 4) is 0 Å². The zero-order valence-corrected chi connectivity index (χ0v) is 12.7. The van der Waals surface area contributed by atoms with Crippen LogP contribution in [0.25, 0.3) is 0 Å². The van der Waals surface area contributed by atoms with E-state index in [9.17, 15) is 9.59 Å². The fraction of sp³-hybridized carbons (Fsp3) is 0.667. The lowest BCUT2D eigenvalue weighted by molar-refractivity contribution is -0.913. The molecule has 5 heteroatoms. The maximum atomic E-state index is 11.9. The number of carbonyl (C=O) groups is 2. The van der Waals surface area contributed by atoms with Crippen molar-refractivity contribution < 1.29 is 42.8 Å². The molecule has 0 aromatic carbocycles. The summed E-state index contributed by atoms with van der Waals surface area (Å²) in [5.74, 6) is -0.0978. The molecule has 0 saturated carbocycles. The fourth-order valence-electron chi connectivity index (χ4n) is 3.28. The molecule has 0 amide bonds. The van der Waals surface area contributed by atoms with E-state index in [1.165, 1.54) is 7.11 Å². The highest BCUT2D eigenvalue weighted by Crippen LogP contribution is 2.47. The van der Waals surface area contributed by atoms with Gasteiger partial charge in [-0.3, -0.25) is 9.59 Å². The van der Waals surface area contributed by atoms with E-state index in [2.05, 4.69) is 0 Å². The number of rotatable bonds is 1. The van der Waals surface area contributed by atoms with Gasteiger partial charge >= 0.3 is 5.97 Å². The van der Waals surface area contributed by atoms with Crippen molar-refractivity contribution in [2.75, 3.05) is 21.2 Å². The van der Waals surface area contributed by atoms with Gasteiger partial charge in [-0.15, -0.1) is 0 Å². The summed E-state index contributed by atoms with van der Waals surface area (Å²) in [6, 6.07) is -0.0817. The number of likely N-dealkylation sites (N-methyl/N-ethyl adjacent to an activating group) is 1. The maximum Gasteiger partial charge on any atom is 0.318 e. The number of fused-ring (bicyclic) bond motifs is 2. The minimum absolute atomic E-state index is 0. The van der Waals surface area contributed by atoms with Crippen LogP contribution in [-0.2, 0) is 14.3 Å². The Morgan fingerprint density at radius 1 is 1.53 bits per heavy atom. The van der Waals surface area contributed by atoms with Crippen molar-refractivity contribution in [3.63, 3.8) is 0 Å². The molecular formula is C12H18INO3. The SMILES string of the molecule is COC(=O)C1(C)CC2C(=O)C=CC1[N+]2(C)C.[I-]. The Bertz CT molecular complexity index is 391. The van der Waals surface area contributed by atoms with E-state index in [0.717, 1.165) is 0 Å². The number of ketones is 1. The van der Waals surface area contributed by atoms with E-state index in [1.807, 2.05) is 27.1 Å². The van der Waals surface area contributed by atoms with Gasteiger partial charge in [0.25, 0.3) is 0 Å². The number of carbonyl (C=O) groups excluding carboxylic acids is 2. The molecule has 17 heavy (non-hydrogen) atoms. The van der Waals surface area contributed by atoms with Crippen LogP contribution in [0.4, 0.5) is 0 Å². The zero-order chi connectivity index (χ0) is 12.1. The Morgan fingerprint density at radius 2 is 2.12 bits per heavy atom. The molecule has 2 rings (SSSR count). The topological polar surface area (TPSA) is 43.4 Å². The largest absolute Gasteiger partial charge is 1.00 e. The van der Waals surface area contributed by atoms with E-state index in [0.29, 0.717) is 10.9 Å². The number of ether oxygens (including phenoxy) is 1. The molecule has 2 aliphatic heterocycles. The second kappa shape index (κ2) is 4.35. The molecule has 1 saturated heterocycles. The number of halogens is 1. The molecule has 2 aliphatic rings. The molecule has 0 aromatic heterocycles. The van der Waals surface area contributed by atoms with Gasteiger partial charge in [0.15, 0.2) is 6.04 Å². The molecule has 1 fully saturated rings. The molecule has 0 N–H and O–H groups in total. The number of methoxy groups -OCH3 is 1. The van der Waals surface area contributed by atoms with Crippen LogP contribution in [-0.4, -0.2) is 49.5 Å². The van der Waals surface area contributed by atoms with Crippen LogP contribution in [0.2, 0.25) is 0 Å². The number of hydrogen-bond acceptors (Lipinski definition) is 3. The van der Waals surface area contributed by atoms with Crippen LogP contribution < -0.4 is 24.0 Å². The van der Waals surface area contributed by atoms with Gasteiger partial charge in [0.2, 0.25) is 5.78 Å². The minimum atomic E-state index is -0.578. The summed E-state index contributed by atoms with van der Waals surface area (Å²) in [4.78, 5) is 23.7. The van der Waals surface area contributed by atoms with Crippen LogP contribution in [0.5, 0.6) is 0 Å². The number of nitrogens with zero attached hydrogens (tertiary/aromatic N) is 1. The fourth-order valence-corrected chi connectivity index (χ4v) is 3.28. The van der Waals surface area contributed by atoms with Crippen molar-refractivity contribution in [3.05, 3.63) is 12.2 Å². The van der Waals surface area contributed by atoms with Gasteiger partial charge in [-0.2, -0.15) is 0 Å². The molecule has 2 bridgehead atoms. The van der Waals surface area contributed by atoms with Crippen LogP contribution in [0.15, 0.2) is 12.2 Å². The van der Waals surface area contributed by atoms with Gasteiger partial charge < -0.3 is 33.2 Å². The molecule has 0 aliphatic carbocycles. The first kappa shape index (κ1) is 14.6. The van der Waals surface area contributed by atoms with E-state index in [4.69, 9.17) is 4.74 Å². The van der Waals surface area contributed by atoms with Crippen molar-refractivity contribution in [1.82, 2.24) is 0 Å². The molecule has 0 spiro atoms. The van der Waals surface area contributed by atoms with Crippen LogP contribution in [0.1, 0.15) is 13.3 Å². The Kier molecular flexibility index (Phi) is 3.74. The van der Waals surface area contributed by atoms with Crippen molar-refractivity contribution >= 4 is 11.8 Å². The Balaban J connectivity index is 0.00000144. The standard InChI is InChI=1S/C12H18NO3.HI/c1-12(11(15)16-4)7-8-9(14)5-6-10(12)13(8,2)3;/h5-6,8,10H,7H2,1-4H3;1H/q+1;/p-1. The number of quaternary nitrogens is 1. The second-order valence-corrected chi connectivity index (χ2v) is 5.46. The van der Waals surface area contributed by atoms with Crippen molar-refractivity contribution in [1.29, 1.82) is 0 Å². The minimum Gasteiger partial charge on any atom is -1.00 e. The van der Waals surface area contributed by atoms with E-state index in [-0.39, 0.29) is 47.8 Å². The zero-order valence-electron chi connectivity index (χ0n) is 10.6. The Hall–Kier alpha value is -0.430. The molecule has 0 aromatic rings. The first-order valence-corrected chi connectivity index (χ1v) is 5.48. The smallest absolute Gasteiger partial charge is 0.318 e. The third kappa shape index (κ3) is 1.83. The number of esters is 1. The molecule has 0 radical (unpaired) electrons. The summed E-state index contributed by atoms with van der Waals surface area (Å²) in [5, 5.41) is 0. The molecule has 96 valence electrons. The molecule has 4 nitrogen and oxygen atoms in total. The van der Waals surface area contributed by atoms with E-state index in [1.54, 1.807) is 6.08 Å². The van der Waals surface area contributed by atoms with Gasteiger partial charge in [0.05, 0.1) is 21.2 Å². The summed E-state index contributed by atoms with van der Waals surface area (Å²) < 4.78 is 5.44. The van der Waals surface area contributed by atoms with Gasteiger partial charge in [-0.1, -0.05) is 0 Å². The lowest BCUT2D eigenvalue weighted by atomic mass is 9.82. The quantitative estimate of drug-likeness (QED) is 0.299. The van der Waals surface area contributed by atoms with Crippen molar-refractivity contribution in [2.45, 2.75) is 25.4 Å². The Labute approximate surface area is 119 Å². The van der Waals surface area contributed by atoms with Gasteiger partial charge in [0.1, 0.15) is 11.5 Å². The average molecular weight is 351 g/mol. The highest BCUT2D eigenvalue weighted by molar-refractivity contribution is 5.96. The third-order valence-corrected chi connectivity index (χ3v) is 4.21. The predicted molar refractivity (Wildman–Crippen MR) is 58.6 cm³/mol. The Morgan fingerprint density at radius 3 is 2.59 bits per heavy atom. The highest BCUT2D eigenvalue weighted by atomic mass is 127. The monoisotopic (exact) mass is 351 g/mol. The normalized spacial score (nSPS) is 37.5.